The van der Waals surface area contributed by atoms with Gasteiger partial charge in [-0.05, 0) is 24.6 Å². The fourth-order valence-electron chi connectivity index (χ4n) is 1.59. The van der Waals surface area contributed by atoms with Crippen LogP contribution in [0.5, 0.6) is 0 Å². The molecule has 3 nitrogen and oxygen atoms in total. The van der Waals surface area contributed by atoms with Crippen molar-refractivity contribution in [2.24, 2.45) is 5.73 Å². The van der Waals surface area contributed by atoms with Crippen LogP contribution in [-0.4, -0.2) is 15.0 Å². The first-order valence-corrected chi connectivity index (χ1v) is 5.80. The van der Waals surface area contributed by atoms with Crippen LogP contribution in [0.1, 0.15) is 11.1 Å². The minimum atomic E-state index is -3.28. The molecule has 1 aromatic carbocycles. The summed E-state index contributed by atoms with van der Waals surface area (Å²) in [5.41, 5.74) is 7.18. The third kappa shape index (κ3) is 1.19. The molecule has 0 aromatic heterocycles. The van der Waals surface area contributed by atoms with Crippen molar-refractivity contribution in [3.63, 3.8) is 0 Å². The lowest BCUT2D eigenvalue weighted by Gasteiger charge is -2.00. The Morgan fingerprint density at radius 1 is 1.36 bits per heavy atom. The van der Waals surface area contributed by atoms with E-state index in [0.717, 1.165) is 11.1 Å². The summed E-state index contributed by atoms with van der Waals surface area (Å²) in [6, 6.07) is 5.29. The molecule has 14 heavy (non-hydrogen) atoms. The van der Waals surface area contributed by atoms with Crippen LogP contribution in [0.15, 0.2) is 28.0 Å². The van der Waals surface area contributed by atoms with Crippen LogP contribution in [0, 0.1) is 6.92 Å². The van der Waals surface area contributed by atoms with Gasteiger partial charge in [-0.25, -0.2) is 8.42 Å². The van der Waals surface area contributed by atoms with E-state index in [0.29, 0.717) is 9.80 Å². The minimum absolute atomic E-state index is 0.0655. The Bertz CT molecular complexity index is 515. The summed E-state index contributed by atoms with van der Waals surface area (Å²) >= 11 is 0. The topological polar surface area (TPSA) is 60.2 Å². The summed E-state index contributed by atoms with van der Waals surface area (Å²) in [4.78, 5) is 0.682. The first kappa shape index (κ1) is 9.43. The standard InChI is InChI=1S/C10H11NO2S/c1-7-2-3-10-8(4-7)5-9(6-11)14(10,12)13/h2-5H,6,11H2,1H3. The van der Waals surface area contributed by atoms with Gasteiger partial charge in [-0.2, -0.15) is 0 Å². The van der Waals surface area contributed by atoms with E-state index in [1.165, 1.54) is 0 Å². The molecule has 74 valence electrons. The molecule has 1 heterocycles. The second kappa shape index (κ2) is 2.93. The number of aryl methyl sites for hydroxylation is 1. The van der Waals surface area contributed by atoms with E-state index in [9.17, 15) is 8.42 Å². The van der Waals surface area contributed by atoms with Gasteiger partial charge in [0.2, 0.25) is 9.84 Å². The van der Waals surface area contributed by atoms with Crippen LogP contribution >= 0.6 is 0 Å². The number of benzene rings is 1. The minimum Gasteiger partial charge on any atom is -0.326 e. The molecule has 4 heteroatoms. The summed E-state index contributed by atoms with van der Waals surface area (Å²) in [7, 11) is -3.28. The Kier molecular flexibility index (Phi) is 1.97. The molecule has 0 aliphatic carbocycles. The summed E-state index contributed by atoms with van der Waals surface area (Å²) in [6.45, 7) is 2.00. The van der Waals surface area contributed by atoms with E-state index in [-0.39, 0.29) is 6.54 Å². The maximum atomic E-state index is 11.8. The van der Waals surface area contributed by atoms with Crippen LogP contribution in [0.2, 0.25) is 0 Å². The highest BCUT2D eigenvalue weighted by Crippen LogP contribution is 2.32. The highest BCUT2D eigenvalue weighted by molar-refractivity contribution is 7.95. The predicted octanol–water partition coefficient (Wildman–Crippen LogP) is 1.08. The first-order valence-electron chi connectivity index (χ1n) is 4.32. The Morgan fingerprint density at radius 2 is 2.07 bits per heavy atom. The first-order chi connectivity index (χ1) is 6.55. The van der Waals surface area contributed by atoms with Crippen molar-refractivity contribution in [3.05, 3.63) is 34.2 Å². The number of nitrogens with two attached hydrogens (primary N) is 1. The van der Waals surface area contributed by atoms with Gasteiger partial charge in [-0.1, -0.05) is 17.7 Å². The van der Waals surface area contributed by atoms with E-state index in [1.807, 2.05) is 13.0 Å². The lowest BCUT2D eigenvalue weighted by atomic mass is 10.1. The summed E-state index contributed by atoms with van der Waals surface area (Å²) in [6.07, 6.45) is 1.65. The lowest BCUT2D eigenvalue weighted by Crippen LogP contribution is -2.10. The highest BCUT2D eigenvalue weighted by Gasteiger charge is 2.27. The predicted molar refractivity (Wildman–Crippen MR) is 55.4 cm³/mol. The Labute approximate surface area is 83.2 Å². The molecule has 2 N–H and O–H groups in total. The average Bonchev–Trinajstić information content (AvgIpc) is 2.37. The van der Waals surface area contributed by atoms with Crippen molar-refractivity contribution in [1.29, 1.82) is 0 Å². The van der Waals surface area contributed by atoms with Gasteiger partial charge in [-0.3, -0.25) is 0 Å². The molecule has 0 saturated heterocycles. The van der Waals surface area contributed by atoms with Gasteiger partial charge >= 0.3 is 0 Å². The van der Waals surface area contributed by atoms with Gasteiger partial charge in [0.05, 0.1) is 9.80 Å². The van der Waals surface area contributed by atoms with E-state index < -0.39 is 9.84 Å². The Morgan fingerprint density at radius 3 is 2.71 bits per heavy atom. The molecular formula is C10H11NO2S. The third-order valence-corrected chi connectivity index (χ3v) is 4.24. The normalized spacial score (nSPS) is 17.7. The van der Waals surface area contributed by atoms with Crippen molar-refractivity contribution in [2.45, 2.75) is 11.8 Å². The fraction of sp³-hybridized carbons (Fsp3) is 0.200. The van der Waals surface area contributed by atoms with Gasteiger partial charge in [0, 0.05) is 6.54 Å². The number of hydrogen-bond donors (Lipinski definition) is 1. The second-order valence-electron chi connectivity index (χ2n) is 3.36. The third-order valence-electron chi connectivity index (χ3n) is 2.32. The molecular weight excluding hydrogens is 198 g/mol. The molecule has 1 aromatic rings. The quantitative estimate of drug-likeness (QED) is 0.753. The second-order valence-corrected chi connectivity index (χ2v) is 5.33. The summed E-state index contributed by atoms with van der Waals surface area (Å²) < 4.78 is 23.6. The smallest absolute Gasteiger partial charge is 0.204 e. The fourth-order valence-corrected chi connectivity index (χ4v) is 3.05. The van der Waals surface area contributed by atoms with Gasteiger partial charge in [-0.15, -0.1) is 0 Å². The molecule has 0 atom stereocenters. The zero-order chi connectivity index (χ0) is 10.3. The highest BCUT2D eigenvalue weighted by atomic mass is 32.2. The molecule has 0 unspecified atom stereocenters. The number of fused-ring (bicyclic) bond motifs is 1. The van der Waals surface area contributed by atoms with Gasteiger partial charge in [0.25, 0.3) is 0 Å². The van der Waals surface area contributed by atoms with Crippen molar-refractivity contribution in [1.82, 2.24) is 0 Å². The van der Waals surface area contributed by atoms with Gasteiger partial charge in [0.1, 0.15) is 0 Å². The van der Waals surface area contributed by atoms with E-state index in [2.05, 4.69) is 0 Å². The number of hydrogen-bond acceptors (Lipinski definition) is 3. The van der Waals surface area contributed by atoms with Crippen LogP contribution in [0.3, 0.4) is 0 Å². The van der Waals surface area contributed by atoms with Crippen molar-refractivity contribution in [3.8, 4) is 0 Å². The van der Waals surface area contributed by atoms with Crippen LogP contribution in [0.4, 0.5) is 0 Å². The summed E-state index contributed by atoms with van der Waals surface area (Å²) in [5.74, 6) is 0. The Balaban J connectivity index is 2.71. The van der Waals surface area contributed by atoms with E-state index in [1.54, 1.807) is 18.2 Å². The molecule has 0 bridgehead atoms. The van der Waals surface area contributed by atoms with Crippen LogP contribution < -0.4 is 5.73 Å². The molecule has 0 spiro atoms. The molecule has 2 rings (SSSR count). The SMILES string of the molecule is Cc1ccc2c(c1)C=C(CN)S2(=O)=O. The van der Waals surface area contributed by atoms with Crippen molar-refractivity contribution in [2.75, 3.05) is 6.54 Å². The number of rotatable bonds is 1. The summed E-state index contributed by atoms with van der Waals surface area (Å²) in [5, 5.41) is 0. The molecule has 0 amide bonds. The largest absolute Gasteiger partial charge is 0.326 e. The maximum absolute atomic E-state index is 11.8. The van der Waals surface area contributed by atoms with Crippen molar-refractivity contribution < 1.29 is 8.42 Å². The maximum Gasteiger partial charge on any atom is 0.204 e. The molecule has 0 fully saturated rings. The molecule has 0 saturated carbocycles. The molecule has 0 radical (unpaired) electrons. The van der Waals surface area contributed by atoms with Gasteiger partial charge < -0.3 is 5.73 Å². The average molecular weight is 209 g/mol. The lowest BCUT2D eigenvalue weighted by molar-refractivity contribution is 0.602. The zero-order valence-corrected chi connectivity index (χ0v) is 8.64. The van der Waals surface area contributed by atoms with Crippen LogP contribution in [-0.2, 0) is 9.84 Å². The van der Waals surface area contributed by atoms with Crippen LogP contribution in [0.25, 0.3) is 6.08 Å². The van der Waals surface area contributed by atoms with E-state index >= 15 is 0 Å². The van der Waals surface area contributed by atoms with Gasteiger partial charge in [0.15, 0.2) is 0 Å². The Hall–Kier alpha value is -1.13. The van der Waals surface area contributed by atoms with E-state index in [4.69, 9.17) is 5.73 Å². The molecule has 1 aliphatic rings. The monoisotopic (exact) mass is 209 g/mol. The van der Waals surface area contributed by atoms with Crippen molar-refractivity contribution >= 4 is 15.9 Å². The zero-order valence-electron chi connectivity index (χ0n) is 7.82. The molecule has 1 aliphatic heterocycles. The number of sulfone groups is 1.